The van der Waals surface area contributed by atoms with E-state index in [9.17, 15) is 4.79 Å². The maximum atomic E-state index is 10.9. The Morgan fingerprint density at radius 2 is 2.33 bits per heavy atom. The molecule has 1 aromatic rings. The molecule has 1 aliphatic heterocycles. The van der Waals surface area contributed by atoms with Crippen LogP contribution < -0.4 is 9.47 Å². The van der Waals surface area contributed by atoms with Crippen LogP contribution in [0, 0.1) is 5.92 Å². The molecular weight excluding hydrogens is 192 g/mol. The number of rotatable bonds is 2. The summed E-state index contributed by atoms with van der Waals surface area (Å²) in [7, 11) is 1.61. The Labute approximate surface area is 89.0 Å². The van der Waals surface area contributed by atoms with Crippen molar-refractivity contribution in [2.45, 2.75) is 13.3 Å². The van der Waals surface area contributed by atoms with Crippen molar-refractivity contribution in [2.75, 3.05) is 13.7 Å². The first kappa shape index (κ1) is 10.0. The highest BCUT2D eigenvalue weighted by Gasteiger charge is 2.22. The van der Waals surface area contributed by atoms with Gasteiger partial charge in [0.15, 0.2) is 11.5 Å². The van der Waals surface area contributed by atoms with Gasteiger partial charge in [0.2, 0.25) is 0 Å². The summed E-state index contributed by atoms with van der Waals surface area (Å²) >= 11 is 0. The van der Waals surface area contributed by atoms with E-state index in [2.05, 4.69) is 6.92 Å². The lowest BCUT2D eigenvalue weighted by molar-refractivity contribution is 0.112. The van der Waals surface area contributed by atoms with E-state index in [0.29, 0.717) is 23.8 Å². The molecule has 0 fully saturated rings. The summed E-state index contributed by atoms with van der Waals surface area (Å²) in [4.78, 5) is 10.9. The second kappa shape index (κ2) is 3.93. The fourth-order valence-electron chi connectivity index (χ4n) is 1.89. The van der Waals surface area contributed by atoms with Crippen LogP contribution in [0.4, 0.5) is 0 Å². The maximum Gasteiger partial charge on any atom is 0.165 e. The average Bonchev–Trinajstić information content (AvgIpc) is 2.27. The number of carbonyl (C=O) groups excluding carboxylic acids is 1. The smallest absolute Gasteiger partial charge is 0.165 e. The molecule has 1 heterocycles. The Kier molecular flexibility index (Phi) is 2.62. The highest BCUT2D eigenvalue weighted by Crippen LogP contribution is 2.37. The lowest BCUT2D eigenvalue weighted by Gasteiger charge is -2.25. The second-order valence-electron chi connectivity index (χ2n) is 3.90. The Hall–Kier alpha value is -1.51. The number of aldehydes is 1. The molecule has 15 heavy (non-hydrogen) atoms. The van der Waals surface area contributed by atoms with Crippen molar-refractivity contribution in [1.82, 2.24) is 0 Å². The van der Waals surface area contributed by atoms with Gasteiger partial charge in [-0.25, -0.2) is 0 Å². The third-order valence-electron chi connectivity index (χ3n) is 2.67. The zero-order valence-corrected chi connectivity index (χ0v) is 8.95. The fourth-order valence-corrected chi connectivity index (χ4v) is 1.89. The molecule has 0 spiro atoms. The van der Waals surface area contributed by atoms with Crippen molar-refractivity contribution in [3.8, 4) is 11.5 Å². The molecule has 1 unspecified atom stereocenters. The Morgan fingerprint density at radius 1 is 1.53 bits per heavy atom. The van der Waals surface area contributed by atoms with Crippen molar-refractivity contribution in [2.24, 2.45) is 5.92 Å². The first-order valence-electron chi connectivity index (χ1n) is 5.04. The topological polar surface area (TPSA) is 35.5 Å². The van der Waals surface area contributed by atoms with Crippen molar-refractivity contribution in [3.63, 3.8) is 0 Å². The molecule has 0 saturated heterocycles. The number of ether oxygens (including phenoxy) is 2. The Bertz CT molecular complexity index is 385. The summed E-state index contributed by atoms with van der Waals surface area (Å²) in [6.07, 6.45) is 1.75. The van der Waals surface area contributed by atoms with Crippen LogP contribution in [-0.4, -0.2) is 20.0 Å². The molecule has 1 atom stereocenters. The Balaban J connectivity index is 2.53. The zero-order valence-electron chi connectivity index (χ0n) is 8.95. The normalized spacial score (nSPS) is 18.9. The average molecular weight is 206 g/mol. The van der Waals surface area contributed by atoms with E-state index in [1.165, 1.54) is 0 Å². The van der Waals surface area contributed by atoms with E-state index in [-0.39, 0.29) is 0 Å². The molecule has 0 amide bonds. The summed E-state index contributed by atoms with van der Waals surface area (Å²) in [6, 6.07) is 3.56. The summed E-state index contributed by atoms with van der Waals surface area (Å²) in [5.41, 5.74) is 1.68. The van der Waals surface area contributed by atoms with E-state index >= 15 is 0 Å². The molecule has 1 aromatic carbocycles. The molecule has 3 nitrogen and oxygen atoms in total. The van der Waals surface area contributed by atoms with Crippen molar-refractivity contribution >= 4 is 6.29 Å². The van der Waals surface area contributed by atoms with Gasteiger partial charge in [-0.1, -0.05) is 6.92 Å². The number of carbonyl (C=O) groups is 1. The standard InChI is InChI=1S/C12H14O3/c1-8-5-10-9(6-13)3-4-11(14-2)12(10)15-7-8/h3-4,6,8H,5,7H2,1-2H3. The van der Waals surface area contributed by atoms with Gasteiger partial charge in [-0.3, -0.25) is 4.79 Å². The van der Waals surface area contributed by atoms with Crippen molar-refractivity contribution < 1.29 is 14.3 Å². The molecule has 0 saturated carbocycles. The third-order valence-corrected chi connectivity index (χ3v) is 2.67. The van der Waals surface area contributed by atoms with Gasteiger partial charge >= 0.3 is 0 Å². The quantitative estimate of drug-likeness (QED) is 0.695. The lowest BCUT2D eigenvalue weighted by Crippen LogP contribution is -2.19. The van der Waals surface area contributed by atoms with Crippen LogP contribution in [0.3, 0.4) is 0 Å². The lowest BCUT2D eigenvalue weighted by atomic mass is 9.94. The number of hydrogen-bond acceptors (Lipinski definition) is 3. The van der Waals surface area contributed by atoms with Crippen molar-refractivity contribution in [1.29, 1.82) is 0 Å². The maximum absolute atomic E-state index is 10.9. The predicted octanol–water partition coefficient (Wildman–Crippen LogP) is 2.08. The SMILES string of the molecule is COc1ccc(C=O)c2c1OCC(C)C2. The highest BCUT2D eigenvalue weighted by atomic mass is 16.5. The van der Waals surface area contributed by atoms with Gasteiger partial charge < -0.3 is 9.47 Å². The van der Waals surface area contributed by atoms with E-state index in [1.54, 1.807) is 19.2 Å². The van der Waals surface area contributed by atoms with Gasteiger partial charge in [-0.05, 0) is 24.5 Å². The van der Waals surface area contributed by atoms with Crippen LogP contribution in [0.2, 0.25) is 0 Å². The molecule has 0 N–H and O–H groups in total. The van der Waals surface area contributed by atoms with Gasteiger partial charge in [-0.15, -0.1) is 0 Å². The first-order chi connectivity index (χ1) is 7.26. The molecule has 0 aromatic heterocycles. The summed E-state index contributed by atoms with van der Waals surface area (Å²) in [5, 5.41) is 0. The minimum Gasteiger partial charge on any atom is -0.493 e. The van der Waals surface area contributed by atoms with Crippen LogP contribution in [0.15, 0.2) is 12.1 Å². The van der Waals surface area contributed by atoms with Gasteiger partial charge in [0.25, 0.3) is 0 Å². The minimum atomic E-state index is 0.448. The summed E-state index contributed by atoms with van der Waals surface area (Å²) in [6.45, 7) is 2.79. The van der Waals surface area contributed by atoms with E-state index in [1.807, 2.05) is 0 Å². The van der Waals surface area contributed by atoms with Gasteiger partial charge in [-0.2, -0.15) is 0 Å². The van der Waals surface area contributed by atoms with E-state index < -0.39 is 0 Å². The number of fused-ring (bicyclic) bond motifs is 1. The molecule has 0 aliphatic carbocycles. The van der Waals surface area contributed by atoms with Crippen LogP contribution in [0.5, 0.6) is 11.5 Å². The van der Waals surface area contributed by atoms with Crippen LogP contribution in [0.25, 0.3) is 0 Å². The van der Waals surface area contributed by atoms with Crippen LogP contribution >= 0.6 is 0 Å². The molecular formula is C12H14O3. The minimum absolute atomic E-state index is 0.448. The molecule has 1 aliphatic rings. The van der Waals surface area contributed by atoms with Gasteiger partial charge in [0.05, 0.1) is 13.7 Å². The monoisotopic (exact) mass is 206 g/mol. The van der Waals surface area contributed by atoms with Gasteiger partial charge in [0.1, 0.15) is 6.29 Å². The summed E-state index contributed by atoms with van der Waals surface area (Å²) in [5.74, 6) is 1.89. The van der Waals surface area contributed by atoms with Crippen molar-refractivity contribution in [3.05, 3.63) is 23.3 Å². The number of methoxy groups -OCH3 is 1. The second-order valence-corrected chi connectivity index (χ2v) is 3.90. The van der Waals surface area contributed by atoms with E-state index in [4.69, 9.17) is 9.47 Å². The fraction of sp³-hybridized carbons (Fsp3) is 0.417. The predicted molar refractivity (Wildman–Crippen MR) is 56.7 cm³/mol. The van der Waals surface area contributed by atoms with Crippen LogP contribution in [-0.2, 0) is 6.42 Å². The molecule has 0 bridgehead atoms. The zero-order chi connectivity index (χ0) is 10.8. The molecule has 80 valence electrons. The molecule has 3 heteroatoms. The highest BCUT2D eigenvalue weighted by molar-refractivity contribution is 5.80. The summed E-state index contributed by atoms with van der Waals surface area (Å²) < 4.78 is 10.8. The molecule has 0 radical (unpaired) electrons. The Morgan fingerprint density at radius 3 is 3.00 bits per heavy atom. The van der Waals surface area contributed by atoms with E-state index in [0.717, 1.165) is 24.0 Å². The van der Waals surface area contributed by atoms with Gasteiger partial charge in [0, 0.05) is 11.1 Å². The molecule has 2 rings (SSSR count). The number of hydrogen-bond donors (Lipinski definition) is 0. The largest absolute Gasteiger partial charge is 0.493 e. The third kappa shape index (κ3) is 1.69. The number of benzene rings is 1. The first-order valence-corrected chi connectivity index (χ1v) is 5.04. The van der Waals surface area contributed by atoms with Crippen LogP contribution in [0.1, 0.15) is 22.8 Å².